The molecule has 3 aromatic rings. The maximum Gasteiger partial charge on any atom is 0.239 e. The Morgan fingerprint density at radius 1 is 0.744 bits per heavy atom. The van der Waals surface area contributed by atoms with E-state index in [0.29, 0.717) is 0 Å². The standard InChI is InChI=1S/C27H30O16/c1-8-16(31)20(35)22(37)26(40-8)39-7-14-18(33)21(36)23(38)27(42-14)43-25-19(34)15-13(5-4-11(29)17(15)32)41-24(25)9-2-3-10(28)12(30)6-9/h2-6,8,14,16,18,20-23,26-33,35-38H,7H2,1H3/t8-,14+,16-,18+,20+,21-,22+,23+,26+,27-/m0/s1. The molecule has 234 valence electrons. The molecule has 16 heteroatoms. The van der Waals surface area contributed by atoms with Crippen LogP contribution >= 0.6 is 0 Å². The van der Waals surface area contributed by atoms with Crippen molar-refractivity contribution in [2.24, 2.45) is 0 Å². The molecule has 10 atom stereocenters. The van der Waals surface area contributed by atoms with Crippen molar-refractivity contribution in [2.75, 3.05) is 6.61 Å². The van der Waals surface area contributed by atoms with Gasteiger partial charge in [0, 0.05) is 5.56 Å². The van der Waals surface area contributed by atoms with Gasteiger partial charge in [-0.1, -0.05) is 0 Å². The lowest BCUT2D eigenvalue weighted by Crippen LogP contribution is -2.61. The van der Waals surface area contributed by atoms with Gasteiger partial charge in [0.05, 0.1) is 12.7 Å². The van der Waals surface area contributed by atoms with Crippen molar-refractivity contribution in [1.29, 1.82) is 0 Å². The average molecular weight is 611 g/mol. The highest BCUT2D eigenvalue weighted by atomic mass is 16.7. The van der Waals surface area contributed by atoms with Crippen LogP contribution in [0.3, 0.4) is 0 Å². The number of rotatable bonds is 6. The van der Waals surface area contributed by atoms with Crippen LogP contribution < -0.4 is 10.2 Å². The first-order chi connectivity index (χ1) is 20.3. The maximum absolute atomic E-state index is 13.6. The average Bonchev–Trinajstić information content (AvgIpc) is 2.98. The predicted octanol–water partition coefficient (Wildman–Crippen LogP) is -1.69. The van der Waals surface area contributed by atoms with Crippen molar-refractivity contribution in [3.05, 3.63) is 40.6 Å². The van der Waals surface area contributed by atoms with Crippen LogP contribution in [0.25, 0.3) is 22.3 Å². The van der Waals surface area contributed by atoms with Gasteiger partial charge >= 0.3 is 0 Å². The number of fused-ring (bicyclic) bond motifs is 1. The van der Waals surface area contributed by atoms with Crippen molar-refractivity contribution in [2.45, 2.75) is 68.3 Å². The number of hydrogen-bond donors (Lipinski definition) is 10. The van der Waals surface area contributed by atoms with Crippen LogP contribution in [0.2, 0.25) is 0 Å². The largest absolute Gasteiger partial charge is 0.504 e. The van der Waals surface area contributed by atoms with Crippen molar-refractivity contribution in [1.82, 2.24) is 0 Å². The minimum absolute atomic E-state index is 0.0130. The lowest BCUT2D eigenvalue weighted by molar-refractivity contribution is -0.318. The van der Waals surface area contributed by atoms with E-state index in [1.807, 2.05) is 0 Å². The summed E-state index contributed by atoms with van der Waals surface area (Å²) in [6.07, 6.45) is -16.2. The Bertz CT molecular complexity index is 1540. The second-order valence-electron chi connectivity index (χ2n) is 10.2. The van der Waals surface area contributed by atoms with Crippen LogP contribution in [0, 0.1) is 0 Å². The van der Waals surface area contributed by atoms with Crippen LogP contribution in [-0.4, -0.2) is 119 Å². The van der Waals surface area contributed by atoms with Gasteiger partial charge in [0.25, 0.3) is 0 Å². The molecule has 0 radical (unpaired) electrons. The van der Waals surface area contributed by atoms with Gasteiger partial charge in [0.15, 0.2) is 35.0 Å². The van der Waals surface area contributed by atoms with E-state index in [9.17, 15) is 55.9 Å². The van der Waals surface area contributed by atoms with Crippen LogP contribution in [-0.2, 0) is 14.2 Å². The van der Waals surface area contributed by atoms with E-state index in [2.05, 4.69) is 0 Å². The molecule has 10 N–H and O–H groups in total. The Morgan fingerprint density at radius 2 is 1.40 bits per heavy atom. The molecular formula is C27H30O16. The number of aliphatic hydroxyl groups is 6. The molecule has 0 aliphatic carbocycles. The third-order valence-electron chi connectivity index (χ3n) is 7.34. The summed E-state index contributed by atoms with van der Waals surface area (Å²) in [5.41, 5.74) is -1.29. The summed E-state index contributed by atoms with van der Waals surface area (Å²) in [7, 11) is 0. The molecule has 5 rings (SSSR count). The molecule has 1 aromatic heterocycles. The number of aromatic hydroxyl groups is 4. The second-order valence-corrected chi connectivity index (χ2v) is 10.2. The fraction of sp³-hybridized carbons (Fsp3) is 0.444. The summed E-state index contributed by atoms with van der Waals surface area (Å²) in [4.78, 5) is 13.6. The Morgan fingerprint density at radius 3 is 2.09 bits per heavy atom. The SMILES string of the molecule is C[C@@H]1O[C@@H](OC[C@H]2O[C@@H](Oc3c(-c4ccc(O)c(O)c4)oc4ccc(O)c(O)c4c3=O)[C@H](O)[C@@H](O)[C@@H]2O)[C@H](O)[C@H](O)[C@H]1O. The van der Waals surface area contributed by atoms with Crippen molar-refractivity contribution in [3.8, 4) is 40.1 Å². The van der Waals surface area contributed by atoms with Crippen molar-refractivity contribution < 1.29 is 74.4 Å². The molecule has 2 aliphatic rings. The van der Waals surface area contributed by atoms with E-state index in [1.54, 1.807) is 0 Å². The van der Waals surface area contributed by atoms with E-state index < -0.39 is 108 Å². The van der Waals surface area contributed by atoms with Crippen LogP contribution in [0.15, 0.2) is 39.5 Å². The topological polar surface area (TPSA) is 269 Å². The Labute approximate surface area is 241 Å². The molecule has 16 nitrogen and oxygen atoms in total. The molecule has 2 aliphatic heterocycles. The molecule has 3 heterocycles. The summed E-state index contributed by atoms with van der Waals surface area (Å²) in [5.74, 6) is -3.69. The van der Waals surface area contributed by atoms with Crippen LogP contribution in [0.1, 0.15) is 6.92 Å². The molecule has 0 saturated carbocycles. The molecule has 0 unspecified atom stereocenters. The third-order valence-corrected chi connectivity index (χ3v) is 7.34. The lowest BCUT2D eigenvalue weighted by Gasteiger charge is -2.42. The number of ether oxygens (including phenoxy) is 4. The number of phenols is 4. The highest BCUT2D eigenvalue weighted by Crippen LogP contribution is 2.40. The van der Waals surface area contributed by atoms with E-state index in [-0.39, 0.29) is 16.9 Å². The van der Waals surface area contributed by atoms with Gasteiger partial charge in [0.2, 0.25) is 17.5 Å². The van der Waals surface area contributed by atoms with Gasteiger partial charge in [0.1, 0.15) is 53.7 Å². The fourth-order valence-electron chi connectivity index (χ4n) is 4.81. The highest BCUT2D eigenvalue weighted by molar-refractivity contribution is 5.89. The van der Waals surface area contributed by atoms with Gasteiger partial charge in [-0.25, -0.2) is 0 Å². The molecule has 2 aromatic carbocycles. The number of benzene rings is 2. The van der Waals surface area contributed by atoms with E-state index >= 15 is 0 Å². The Balaban J connectivity index is 1.48. The quantitative estimate of drug-likeness (QED) is 0.140. The monoisotopic (exact) mass is 610 g/mol. The smallest absolute Gasteiger partial charge is 0.239 e. The van der Waals surface area contributed by atoms with Crippen LogP contribution in [0.4, 0.5) is 0 Å². The molecular weight excluding hydrogens is 580 g/mol. The van der Waals surface area contributed by atoms with Crippen molar-refractivity contribution >= 4 is 11.0 Å². The summed E-state index contributed by atoms with van der Waals surface area (Å²) in [5, 5.41) is 101. The minimum atomic E-state index is -1.98. The van der Waals surface area contributed by atoms with Crippen LogP contribution in [0.5, 0.6) is 28.7 Å². The summed E-state index contributed by atoms with van der Waals surface area (Å²) in [6, 6.07) is 5.61. The molecule has 0 spiro atoms. The van der Waals surface area contributed by atoms with Gasteiger partial charge in [-0.05, 0) is 37.3 Å². The first-order valence-corrected chi connectivity index (χ1v) is 13.0. The molecule has 0 amide bonds. The summed E-state index contributed by atoms with van der Waals surface area (Å²) in [6.45, 7) is 0.811. The molecule has 2 saturated heterocycles. The minimum Gasteiger partial charge on any atom is -0.504 e. The third kappa shape index (κ3) is 5.55. The Kier molecular flexibility index (Phi) is 8.41. The molecule has 2 fully saturated rings. The van der Waals surface area contributed by atoms with Gasteiger partial charge in [-0.2, -0.15) is 0 Å². The lowest BCUT2D eigenvalue weighted by atomic mass is 9.98. The number of aliphatic hydroxyl groups excluding tert-OH is 6. The fourth-order valence-corrected chi connectivity index (χ4v) is 4.81. The zero-order valence-electron chi connectivity index (χ0n) is 22.3. The maximum atomic E-state index is 13.6. The normalized spacial score (nSPS) is 33.0. The van der Waals surface area contributed by atoms with Gasteiger partial charge in [-0.3, -0.25) is 4.79 Å². The first-order valence-electron chi connectivity index (χ1n) is 13.0. The predicted molar refractivity (Wildman–Crippen MR) is 140 cm³/mol. The Hall–Kier alpha value is -3.71. The van der Waals surface area contributed by atoms with E-state index in [0.717, 1.165) is 18.2 Å². The second kappa shape index (κ2) is 11.8. The van der Waals surface area contributed by atoms with E-state index in [1.165, 1.54) is 19.1 Å². The van der Waals surface area contributed by atoms with E-state index in [4.69, 9.17) is 23.4 Å². The molecule has 43 heavy (non-hydrogen) atoms. The van der Waals surface area contributed by atoms with Crippen molar-refractivity contribution in [3.63, 3.8) is 0 Å². The van der Waals surface area contributed by atoms with Gasteiger partial charge in [-0.15, -0.1) is 0 Å². The number of hydrogen-bond acceptors (Lipinski definition) is 16. The summed E-state index contributed by atoms with van der Waals surface area (Å²) >= 11 is 0. The highest BCUT2D eigenvalue weighted by Gasteiger charge is 2.47. The molecule has 0 bridgehead atoms. The summed E-state index contributed by atoms with van der Waals surface area (Å²) < 4.78 is 27.8. The number of phenolic OH excluding ortho intramolecular Hbond substituents is 4. The zero-order valence-corrected chi connectivity index (χ0v) is 22.3. The van der Waals surface area contributed by atoms with Gasteiger partial charge < -0.3 is 74.4 Å². The zero-order chi connectivity index (χ0) is 31.3. The first kappa shape index (κ1) is 30.7.